The first kappa shape index (κ1) is 15.4. The lowest BCUT2D eigenvalue weighted by atomic mass is 9.87. The van der Waals surface area contributed by atoms with Gasteiger partial charge in [0.15, 0.2) is 0 Å². The number of carbonyl (C=O) groups excluding carboxylic acids is 1. The predicted molar refractivity (Wildman–Crippen MR) is 70.6 cm³/mol. The van der Waals surface area contributed by atoms with Gasteiger partial charge < -0.3 is 14.8 Å². The van der Waals surface area contributed by atoms with Crippen molar-refractivity contribution in [2.45, 2.75) is 25.8 Å². The molecule has 0 aliphatic carbocycles. The third kappa shape index (κ3) is 3.44. The Morgan fingerprint density at radius 3 is 2.63 bits per heavy atom. The van der Waals surface area contributed by atoms with E-state index in [0.717, 1.165) is 0 Å². The van der Waals surface area contributed by atoms with Crippen LogP contribution in [0, 0.1) is 5.82 Å². The van der Waals surface area contributed by atoms with Crippen molar-refractivity contribution in [2.24, 2.45) is 0 Å². The van der Waals surface area contributed by atoms with Gasteiger partial charge in [0, 0.05) is 0 Å². The van der Waals surface area contributed by atoms with Gasteiger partial charge in [0.1, 0.15) is 11.6 Å². The van der Waals surface area contributed by atoms with Crippen molar-refractivity contribution in [3.8, 4) is 5.75 Å². The first-order valence-electron chi connectivity index (χ1n) is 6.13. The zero-order valence-corrected chi connectivity index (χ0v) is 11.7. The van der Waals surface area contributed by atoms with Crippen LogP contribution in [0.5, 0.6) is 5.75 Å². The minimum Gasteiger partial charge on any atom is -0.496 e. The van der Waals surface area contributed by atoms with Crippen LogP contribution in [0.25, 0.3) is 0 Å². The molecular formula is C14H20FNO3. The number of ether oxygens (including phenoxy) is 2. The largest absolute Gasteiger partial charge is 0.496 e. The highest BCUT2D eigenvalue weighted by Gasteiger charge is 2.34. The van der Waals surface area contributed by atoms with Crippen LogP contribution in [0.4, 0.5) is 4.39 Å². The molecule has 0 aliphatic heterocycles. The summed E-state index contributed by atoms with van der Waals surface area (Å²) in [6.07, 6.45) is 0.0225. The molecule has 0 aliphatic rings. The summed E-state index contributed by atoms with van der Waals surface area (Å²) in [5, 5.41) is 3.14. The number of halogens is 1. The molecule has 0 heterocycles. The third-order valence-electron chi connectivity index (χ3n) is 3.04. The van der Waals surface area contributed by atoms with Crippen molar-refractivity contribution in [1.82, 2.24) is 5.32 Å². The Balaban J connectivity index is 3.28. The summed E-state index contributed by atoms with van der Waals surface area (Å²) in [7, 11) is 2.79. The highest BCUT2D eigenvalue weighted by molar-refractivity contribution is 5.71. The molecule has 1 aromatic carbocycles. The number of nitrogens with one attached hydrogen (secondary N) is 1. The van der Waals surface area contributed by atoms with Crippen molar-refractivity contribution in [3.05, 3.63) is 29.6 Å². The molecule has 19 heavy (non-hydrogen) atoms. The number of hydrogen-bond acceptors (Lipinski definition) is 4. The van der Waals surface area contributed by atoms with Gasteiger partial charge in [-0.25, -0.2) is 4.39 Å². The first-order valence-corrected chi connectivity index (χ1v) is 6.13. The maximum Gasteiger partial charge on any atom is 0.307 e. The molecule has 1 N–H and O–H groups in total. The fourth-order valence-electron chi connectivity index (χ4n) is 2.20. The molecule has 0 amide bonds. The van der Waals surface area contributed by atoms with Crippen LogP contribution < -0.4 is 10.1 Å². The first-order chi connectivity index (χ1) is 8.98. The Bertz CT molecular complexity index is 450. The smallest absolute Gasteiger partial charge is 0.307 e. The van der Waals surface area contributed by atoms with Gasteiger partial charge in [-0.15, -0.1) is 0 Å². The molecule has 4 nitrogen and oxygen atoms in total. The van der Waals surface area contributed by atoms with Gasteiger partial charge in [-0.05, 0) is 25.6 Å². The number of methoxy groups -OCH3 is 2. The zero-order valence-electron chi connectivity index (χ0n) is 11.7. The normalized spacial score (nSPS) is 13.7. The SMILES string of the molecule is CCNC(C)(CC(=O)OC)c1c(F)cccc1OC. The molecule has 0 aromatic heterocycles. The predicted octanol–water partition coefficient (Wildman–Crippen LogP) is 2.22. The molecule has 0 spiro atoms. The van der Waals surface area contributed by atoms with E-state index in [0.29, 0.717) is 17.9 Å². The molecule has 106 valence electrons. The second kappa shape index (κ2) is 6.52. The molecule has 0 saturated carbocycles. The minimum absolute atomic E-state index is 0.0225. The Labute approximate surface area is 112 Å². The van der Waals surface area contributed by atoms with Gasteiger partial charge in [-0.3, -0.25) is 4.79 Å². The fraction of sp³-hybridized carbons (Fsp3) is 0.500. The fourth-order valence-corrected chi connectivity index (χ4v) is 2.20. The quantitative estimate of drug-likeness (QED) is 0.804. The Morgan fingerprint density at radius 2 is 2.11 bits per heavy atom. The Kier molecular flexibility index (Phi) is 5.30. The molecule has 0 bridgehead atoms. The zero-order chi connectivity index (χ0) is 14.5. The molecular weight excluding hydrogens is 249 g/mol. The molecule has 1 rings (SSSR count). The summed E-state index contributed by atoms with van der Waals surface area (Å²) in [4.78, 5) is 11.6. The van der Waals surface area contributed by atoms with Crippen molar-refractivity contribution in [1.29, 1.82) is 0 Å². The summed E-state index contributed by atoms with van der Waals surface area (Å²) < 4.78 is 24.0. The second-order valence-corrected chi connectivity index (χ2v) is 4.43. The number of hydrogen-bond donors (Lipinski definition) is 1. The van der Waals surface area contributed by atoms with E-state index in [1.165, 1.54) is 20.3 Å². The van der Waals surface area contributed by atoms with Crippen LogP contribution in [-0.2, 0) is 15.1 Å². The summed E-state index contributed by atoms with van der Waals surface area (Å²) >= 11 is 0. The number of benzene rings is 1. The molecule has 5 heteroatoms. The molecule has 0 radical (unpaired) electrons. The average molecular weight is 269 g/mol. The average Bonchev–Trinajstić information content (AvgIpc) is 2.38. The van der Waals surface area contributed by atoms with Gasteiger partial charge in [0.05, 0.1) is 31.7 Å². The monoisotopic (exact) mass is 269 g/mol. The van der Waals surface area contributed by atoms with Crippen LogP contribution >= 0.6 is 0 Å². The molecule has 0 saturated heterocycles. The summed E-state index contributed by atoms with van der Waals surface area (Å²) in [6.45, 7) is 4.24. The van der Waals surface area contributed by atoms with E-state index >= 15 is 0 Å². The minimum atomic E-state index is -0.876. The van der Waals surface area contributed by atoms with Gasteiger partial charge >= 0.3 is 5.97 Å². The highest BCUT2D eigenvalue weighted by Crippen LogP contribution is 2.34. The standard InChI is InChI=1S/C14H20FNO3/c1-5-16-14(2,9-12(17)19-4)13-10(15)7-6-8-11(13)18-3/h6-8,16H,5,9H2,1-4H3. The van der Waals surface area contributed by atoms with Gasteiger partial charge in [0.2, 0.25) is 0 Å². The topological polar surface area (TPSA) is 47.6 Å². The van der Waals surface area contributed by atoms with Gasteiger partial charge in [-0.2, -0.15) is 0 Å². The molecule has 1 aromatic rings. The molecule has 1 atom stereocenters. The lowest BCUT2D eigenvalue weighted by Crippen LogP contribution is -2.42. The molecule has 1 unspecified atom stereocenters. The van der Waals surface area contributed by atoms with E-state index in [1.54, 1.807) is 19.1 Å². The Morgan fingerprint density at radius 1 is 1.42 bits per heavy atom. The van der Waals surface area contributed by atoms with Crippen molar-refractivity contribution in [3.63, 3.8) is 0 Å². The van der Waals surface area contributed by atoms with E-state index in [1.807, 2.05) is 6.92 Å². The van der Waals surface area contributed by atoms with Gasteiger partial charge in [0.25, 0.3) is 0 Å². The maximum atomic E-state index is 14.1. The number of esters is 1. The van der Waals surface area contributed by atoms with Crippen LogP contribution in [-0.4, -0.2) is 26.7 Å². The summed E-state index contributed by atoms with van der Waals surface area (Å²) in [5.41, 5.74) is -0.539. The third-order valence-corrected chi connectivity index (χ3v) is 3.04. The lowest BCUT2D eigenvalue weighted by Gasteiger charge is -2.31. The van der Waals surface area contributed by atoms with E-state index in [9.17, 15) is 9.18 Å². The summed E-state index contributed by atoms with van der Waals surface area (Å²) in [5.74, 6) is -0.409. The summed E-state index contributed by atoms with van der Waals surface area (Å²) in [6, 6.07) is 4.60. The maximum absolute atomic E-state index is 14.1. The van der Waals surface area contributed by atoms with E-state index in [4.69, 9.17) is 4.74 Å². The number of rotatable bonds is 6. The van der Waals surface area contributed by atoms with Crippen LogP contribution in [0.2, 0.25) is 0 Å². The van der Waals surface area contributed by atoms with E-state index in [2.05, 4.69) is 10.1 Å². The van der Waals surface area contributed by atoms with Gasteiger partial charge in [-0.1, -0.05) is 13.0 Å². The van der Waals surface area contributed by atoms with E-state index in [-0.39, 0.29) is 6.42 Å². The molecule has 0 fully saturated rings. The van der Waals surface area contributed by atoms with Crippen LogP contribution in [0.1, 0.15) is 25.8 Å². The van der Waals surface area contributed by atoms with Crippen molar-refractivity contribution < 1.29 is 18.7 Å². The van der Waals surface area contributed by atoms with Crippen molar-refractivity contribution in [2.75, 3.05) is 20.8 Å². The lowest BCUT2D eigenvalue weighted by molar-refractivity contribution is -0.142. The van der Waals surface area contributed by atoms with Crippen LogP contribution in [0.3, 0.4) is 0 Å². The van der Waals surface area contributed by atoms with Crippen molar-refractivity contribution >= 4 is 5.97 Å². The van der Waals surface area contributed by atoms with Crippen LogP contribution in [0.15, 0.2) is 18.2 Å². The Hall–Kier alpha value is -1.62. The second-order valence-electron chi connectivity index (χ2n) is 4.43. The highest BCUT2D eigenvalue weighted by atomic mass is 19.1. The number of carbonyl (C=O) groups is 1. The van der Waals surface area contributed by atoms with E-state index < -0.39 is 17.3 Å².